The molecule has 1 aromatic carbocycles. The third-order valence-electron chi connectivity index (χ3n) is 2.24. The number of unbranched alkanes of at least 4 members (excludes halogenated alkanes) is 1. The van der Waals surface area contributed by atoms with E-state index in [1.54, 1.807) is 0 Å². The van der Waals surface area contributed by atoms with Crippen LogP contribution in [0.4, 0.5) is 5.69 Å². The van der Waals surface area contributed by atoms with Crippen LogP contribution in [0.1, 0.15) is 24.8 Å². The number of carbonyl (C=O) groups is 1. The summed E-state index contributed by atoms with van der Waals surface area (Å²) in [4.78, 5) is 11.7. The van der Waals surface area contributed by atoms with Gasteiger partial charge in [-0.05, 0) is 69.3 Å². The highest BCUT2D eigenvalue weighted by Crippen LogP contribution is 2.32. The Bertz CT molecular complexity index is 386. The minimum atomic E-state index is 0.0142. The lowest BCUT2D eigenvalue weighted by molar-refractivity contribution is -0.116. The maximum atomic E-state index is 11.7. The van der Waals surface area contributed by atoms with Gasteiger partial charge in [-0.2, -0.15) is 0 Å². The van der Waals surface area contributed by atoms with Crippen molar-refractivity contribution in [2.75, 3.05) is 11.2 Å². The molecule has 0 aliphatic rings. The summed E-state index contributed by atoms with van der Waals surface area (Å²) in [6.45, 7) is 2.00. The van der Waals surface area contributed by atoms with E-state index in [0.717, 1.165) is 33.0 Å². The average Bonchev–Trinajstić information content (AvgIpc) is 2.24. The predicted octanol–water partition coefficient (Wildman–Crippen LogP) is 4.87. The Hall–Kier alpha value is -0.0600. The molecule has 0 aliphatic carbocycles. The Kier molecular flexibility index (Phi) is 6.52. The van der Waals surface area contributed by atoms with E-state index < -0.39 is 0 Å². The Morgan fingerprint density at radius 3 is 2.41 bits per heavy atom. The van der Waals surface area contributed by atoms with E-state index in [1.807, 2.05) is 19.1 Å². The zero-order chi connectivity index (χ0) is 12.8. The molecule has 5 heteroatoms. The van der Waals surface area contributed by atoms with Crippen molar-refractivity contribution in [1.29, 1.82) is 0 Å². The summed E-state index contributed by atoms with van der Waals surface area (Å²) < 4.78 is 1.77. The topological polar surface area (TPSA) is 29.1 Å². The minimum Gasteiger partial charge on any atom is -0.324 e. The molecular formula is C12H14Br2ClNO. The molecule has 0 atom stereocenters. The van der Waals surface area contributed by atoms with Crippen molar-refractivity contribution in [2.45, 2.75) is 26.2 Å². The van der Waals surface area contributed by atoms with Gasteiger partial charge >= 0.3 is 0 Å². The lowest BCUT2D eigenvalue weighted by Gasteiger charge is -2.10. The predicted molar refractivity (Wildman–Crippen MR) is 79.8 cm³/mol. The lowest BCUT2D eigenvalue weighted by Crippen LogP contribution is -2.12. The smallest absolute Gasteiger partial charge is 0.224 e. The number of alkyl halides is 1. The second kappa shape index (κ2) is 7.39. The van der Waals surface area contributed by atoms with Crippen molar-refractivity contribution in [3.8, 4) is 0 Å². The molecule has 0 saturated carbocycles. The van der Waals surface area contributed by atoms with Gasteiger partial charge in [0.25, 0.3) is 0 Å². The monoisotopic (exact) mass is 381 g/mol. The molecule has 94 valence electrons. The Balaban J connectivity index is 2.65. The maximum Gasteiger partial charge on any atom is 0.224 e. The summed E-state index contributed by atoms with van der Waals surface area (Å²) in [6, 6.07) is 3.94. The van der Waals surface area contributed by atoms with E-state index in [4.69, 9.17) is 11.6 Å². The molecule has 1 N–H and O–H groups in total. The van der Waals surface area contributed by atoms with Crippen LogP contribution < -0.4 is 5.32 Å². The van der Waals surface area contributed by atoms with Gasteiger partial charge in [0.2, 0.25) is 5.91 Å². The van der Waals surface area contributed by atoms with Crippen LogP contribution in [0.25, 0.3) is 0 Å². The van der Waals surface area contributed by atoms with E-state index in [1.165, 1.54) is 0 Å². The fourth-order valence-corrected chi connectivity index (χ4v) is 3.20. The Morgan fingerprint density at radius 2 is 1.88 bits per heavy atom. The van der Waals surface area contributed by atoms with Gasteiger partial charge in [-0.3, -0.25) is 4.79 Å². The molecule has 0 fully saturated rings. The molecule has 1 rings (SSSR count). The summed E-state index contributed by atoms with van der Waals surface area (Å²) in [7, 11) is 0. The third kappa shape index (κ3) is 4.98. The first-order valence-corrected chi connectivity index (χ1v) is 7.48. The van der Waals surface area contributed by atoms with Crippen LogP contribution in [-0.4, -0.2) is 11.8 Å². The average molecular weight is 384 g/mol. The number of benzene rings is 1. The molecule has 0 spiro atoms. The summed E-state index contributed by atoms with van der Waals surface area (Å²) in [5.41, 5.74) is 1.91. The quantitative estimate of drug-likeness (QED) is 0.571. The minimum absolute atomic E-state index is 0.0142. The fourth-order valence-electron chi connectivity index (χ4n) is 1.40. The highest BCUT2D eigenvalue weighted by atomic mass is 79.9. The van der Waals surface area contributed by atoms with Crippen molar-refractivity contribution in [3.63, 3.8) is 0 Å². The number of halogens is 3. The number of hydrogen-bond acceptors (Lipinski definition) is 1. The number of amides is 1. The first-order valence-electron chi connectivity index (χ1n) is 5.36. The van der Waals surface area contributed by atoms with Crippen LogP contribution in [0, 0.1) is 6.92 Å². The number of anilines is 1. The van der Waals surface area contributed by atoms with Crippen LogP contribution in [-0.2, 0) is 4.79 Å². The van der Waals surface area contributed by atoms with E-state index >= 15 is 0 Å². The fraction of sp³-hybridized carbons (Fsp3) is 0.417. The normalized spacial score (nSPS) is 10.4. The van der Waals surface area contributed by atoms with Gasteiger partial charge in [-0.15, -0.1) is 11.6 Å². The highest BCUT2D eigenvalue weighted by Gasteiger charge is 2.09. The summed E-state index contributed by atoms with van der Waals surface area (Å²) in [6.07, 6.45) is 2.18. The van der Waals surface area contributed by atoms with Gasteiger partial charge in [0.05, 0.1) is 5.69 Å². The molecule has 0 radical (unpaired) electrons. The Labute approximate surface area is 123 Å². The molecule has 0 aliphatic heterocycles. The van der Waals surface area contributed by atoms with Crippen molar-refractivity contribution >= 4 is 55.1 Å². The molecule has 2 nitrogen and oxygen atoms in total. The number of aryl methyl sites for hydroxylation is 1. The van der Waals surface area contributed by atoms with Gasteiger partial charge in [0, 0.05) is 21.2 Å². The lowest BCUT2D eigenvalue weighted by atomic mass is 10.2. The molecule has 0 unspecified atom stereocenters. The van der Waals surface area contributed by atoms with Gasteiger partial charge < -0.3 is 5.32 Å². The van der Waals surface area contributed by atoms with Crippen LogP contribution in [0.5, 0.6) is 0 Å². The molecular weight excluding hydrogens is 369 g/mol. The van der Waals surface area contributed by atoms with Gasteiger partial charge in [-0.1, -0.05) is 0 Å². The van der Waals surface area contributed by atoms with Crippen molar-refractivity contribution in [3.05, 3.63) is 26.6 Å². The van der Waals surface area contributed by atoms with Crippen LogP contribution >= 0.6 is 43.5 Å². The molecule has 0 saturated heterocycles. The number of rotatable bonds is 5. The SMILES string of the molecule is Cc1cc(Br)c(NC(=O)CCCCCl)c(Br)c1. The molecule has 0 aromatic heterocycles. The van der Waals surface area contributed by atoms with E-state index in [0.29, 0.717) is 12.3 Å². The molecule has 17 heavy (non-hydrogen) atoms. The standard InChI is InChI=1S/C12H14Br2ClNO/c1-8-6-9(13)12(10(14)7-8)16-11(17)4-2-3-5-15/h6-7H,2-5H2,1H3,(H,16,17). The summed E-state index contributed by atoms with van der Waals surface area (Å²) in [5, 5.41) is 2.89. The zero-order valence-corrected chi connectivity index (χ0v) is 13.5. The van der Waals surface area contributed by atoms with E-state index in [2.05, 4.69) is 37.2 Å². The second-order valence-electron chi connectivity index (χ2n) is 3.80. The van der Waals surface area contributed by atoms with Crippen molar-refractivity contribution < 1.29 is 4.79 Å². The third-order valence-corrected chi connectivity index (χ3v) is 3.76. The molecule has 1 amide bonds. The van der Waals surface area contributed by atoms with Gasteiger partial charge in [0.15, 0.2) is 0 Å². The van der Waals surface area contributed by atoms with Gasteiger partial charge in [-0.25, -0.2) is 0 Å². The molecule has 0 heterocycles. The first-order chi connectivity index (χ1) is 8.04. The van der Waals surface area contributed by atoms with Crippen molar-refractivity contribution in [1.82, 2.24) is 0 Å². The highest BCUT2D eigenvalue weighted by molar-refractivity contribution is 9.11. The largest absolute Gasteiger partial charge is 0.324 e. The summed E-state index contributed by atoms with van der Waals surface area (Å²) >= 11 is 12.5. The number of carbonyl (C=O) groups excluding carboxylic acids is 1. The first kappa shape index (κ1) is 15.0. The Morgan fingerprint density at radius 1 is 1.29 bits per heavy atom. The van der Waals surface area contributed by atoms with Crippen LogP contribution in [0.2, 0.25) is 0 Å². The van der Waals surface area contributed by atoms with Crippen LogP contribution in [0.15, 0.2) is 21.1 Å². The van der Waals surface area contributed by atoms with E-state index in [9.17, 15) is 4.79 Å². The number of hydrogen-bond donors (Lipinski definition) is 1. The molecule has 0 bridgehead atoms. The maximum absolute atomic E-state index is 11.7. The van der Waals surface area contributed by atoms with Crippen molar-refractivity contribution in [2.24, 2.45) is 0 Å². The van der Waals surface area contributed by atoms with E-state index in [-0.39, 0.29) is 5.91 Å². The zero-order valence-electron chi connectivity index (χ0n) is 9.53. The molecule has 1 aromatic rings. The van der Waals surface area contributed by atoms with Gasteiger partial charge in [0.1, 0.15) is 0 Å². The van der Waals surface area contributed by atoms with Crippen LogP contribution in [0.3, 0.4) is 0 Å². The number of nitrogens with one attached hydrogen (secondary N) is 1. The summed E-state index contributed by atoms with van der Waals surface area (Å²) in [5.74, 6) is 0.617. The second-order valence-corrected chi connectivity index (χ2v) is 5.88.